The maximum Gasteiger partial charge on any atom is 0.222 e. The molecule has 116 valence electrons. The molecule has 20 heavy (non-hydrogen) atoms. The third-order valence-corrected chi connectivity index (χ3v) is 4.98. The van der Waals surface area contributed by atoms with Crippen molar-refractivity contribution >= 4 is 5.91 Å². The van der Waals surface area contributed by atoms with Gasteiger partial charge in [-0.25, -0.2) is 0 Å². The highest BCUT2D eigenvalue weighted by Gasteiger charge is 2.24. The fourth-order valence-corrected chi connectivity index (χ4v) is 3.51. The molecule has 1 aliphatic heterocycles. The van der Waals surface area contributed by atoms with Gasteiger partial charge in [0.25, 0.3) is 0 Å². The van der Waals surface area contributed by atoms with Crippen LogP contribution in [0.15, 0.2) is 0 Å². The van der Waals surface area contributed by atoms with Crippen molar-refractivity contribution in [3.63, 3.8) is 0 Å². The molecule has 2 rings (SSSR count). The Bertz CT molecular complexity index is 295. The van der Waals surface area contributed by atoms with Crippen molar-refractivity contribution in [2.45, 2.75) is 44.9 Å². The van der Waals surface area contributed by atoms with Gasteiger partial charge in [-0.3, -0.25) is 4.79 Å². The van der Waals surface area contributed by atoms with Crippen LogP contribution in [0.4, 0.5) is 0 Å². The summed E-state index contributed by atoms with van der Waals surface area (Å²) in [6.45, 7) is 3.37. The van der Waals surface area contributed by atoms with Crippen LogP contribution in [0.2, 0.25) is 0 Å². The summed E-state index contributed by atoms with van der Waals surface area (Å²) in [6.07, 6.45) is 7.81. The van der Waals surface area contributed by atoms with Gasteiger partial charge in [0.15, 0.2) is 0 Å². The zero-order chi connectivity index (χ0) is 14.4. The molecule has 1 saturated carbocycles. The number of rotatable bonds is 5. The predicted molar refractivity (Wildman–Crippen MR) is 80.3 cm³/mol. The lowest BCUT2D eigenvalue weighted by Crippen LogP contribution is -2.36. The predicted octanol–water partition coefficient (Wildman–Crippen LogP) is 2.03. The summed E-state index contributed by atoms with van der Waals surface area (Å²) in [7, 11) is 1.95. The van der Waals surface area contributed by atoms with E-state index in [2.05, 4.69) is 0 Å². The number of hydrogen-bond donors (Lipinski definition) is 1. The normalized spacial score (nSPS) is 31.0. The van der Waals surface area contributed by atoms with E-state index in [1.807, 2.05) is 11.9 Å². The van der Waals surface area contributed by atoms with Crippen molar-refractivity contribution in [2.75, 3.05) is 33.4 Å². The van der Waals surface area contributed by atoms with Gasteiger partial charge in [0.1, 0.15) is 0 Å². The Balaban J connectivity index is 1.68. The number of carbonyl (C=O) groups excluding carboxylic acids is 1. The Morgan fingerprint density at radius 2 is 1.85 bits per heavy atom. The zero-order valence-corrected chi connectivity index (χ0v) is 12.9. The third kappa shape index (κ3) is 4.74. The fourth-order valence-electron chi connectivity index (χ4n) is 3.51. The van der Waals surface area contributed by atoms with E-state index in [1.165, 1.54) is 32.1 Å². The van der Waals surface area contributed by atoms with E-state index in [9.17, 15) is 4.79 Å². The maximum absolute atomic E-state index is 12.3. The number of ether oxygens (including phenoxy) is 1. The van der Waals surface area contributed by atoms with Gasteiger partial charge in [-0.2, -0.15) is 0 Å². The summed E-state index contributed by atoms with van der Waals surface area (Å²) in [6, 6.07) is 0. The lowest BCUT2D eigenvalue weighted by atomic mass is 9.80. The number of hydrogen-bond acceptors (Lipinski definition) is 3. The first-order chi connectivity index (χ1) is 9.69. The summed E-state index contributed by atoms with van der Waals surface area (Å²) < 4.78 is 5.49. The highest BCUT2D eigenvalue weighted by atomic mass is 16.5. The SMILES string of the molecule is CN(CC1CCCOC1)C(=O)CC1CCC(CN)CC1. The molecule has 0 spiro atoms. The maximum atomic E-state index is 12.3. The molecule has 4 heteroatoms. The van der Waals surface area contributed by atoms with Crippen LogP contribution in [0.5, 0.6) is 0 Å². The van der Waals surface area contributed by atoms with E-state index in [0.29, 0.717) is 23.7 Å². The number of nitrogens with two attached hydrogens (primary N) is 1. The van der Waals surface area contributed by atoms with Crippen LogP contribution in [0.3, 0.4) is 0 Å². The summed E-state index contributed by atoms with van der Waals surface area (Å²) >= 11 is 0. The molecule has 2 aliphatic rings. The van der Waals surface area contributed by atoms with Gasteiger partial charge in [-0.15, -0.1) is 0 Å². The highest BCUT2D eigenvalue weighted by Crippen LogP contribution is 2.30. The summed E-state index contributed by atoms with van der Waals surface area (Å²) in [5.74, 6) is 2.12. The molecule has 1 aliphatic carbocycles. The summed E-state index contributed by atoms with van der Waals surface area (Å²) in [4.78, 5) is 14.2. The molecule has 2 N–H and O–H groups in total. The van der Waals surface area contributed by atoms with Crippen LogP contribution in [-0.4, -0.2) is 44.2 Å². The molecular weight excluding hydrogens is 252 g/mol. The zero-order valence-electron chi connectivity index (χ0n) is 12.9. The molecule has 1 unspecified atom stereocenters. The molecule has 1 saturated heterocycles. The van der Waals surface area contributed by atoms with E-state index < -0.39 is 0 Å². The van der Waals surface area contributed by atoms with E-state index >= 15 is 0 Å². The van der Waals surface area contributed by atoms with E-state index in [1.54, 1.807) is 0 Å². The van der Waals surface area contributed by atoms with Crippen LogP contribution in [0.1, 0.15) is 44.9 Å². The summed E-state index contributed by atoms with van der Waals surface area (Å²) in [5, 5.41) is 0. The molecule has 0 radical (unpaired) electrons. The first-order valence-electron chi connectivity index (χ1n) is 8.20. The van der Waals surface area contributed by atoms with Crippen molar-refractivity contribution in [3.05, 3.63) is 0 Å². The average molecular weight is 282 g/mol. The standard InChI is InChI=1S/C16H30N2O2/c1-18(11-15-3-2-8-20-12-15)16(19)9-13-4-6-14(10-17)7-5-13/h13-15H,2-12,17H2,1H3. The van der Waals surface area contributed by atoms with Gasteiger partial charge in [0.2, 0.25) is 5.91 Å². The molecule has 2 fully saturated rings. The molecule has 1 atom stereocenters. The van der Waals surface area contributed by atoms with Gasteiger partial charge in [0.05, 0.1) is 6.61 Å². The second-order valence-electron chi connectivity index (χ2n) is 6.68. The van der Waals surface area contributed by atoms with Crippen molar-refractivity contribution in [2.24, 2.45) is 23.5 Å². The van der Waals surface area contributed by atoms with Gasteiger partial charge in [-0.1, -0.05) is 0 Å². The monoisotopic (exact) mass is 282 g/mol. The minimum atomic E-state index is 0.312. The molecule has 1 heterocycles. The fraction of sp³-hybridized carbons (Fsp3) is 0.938. The topological polar surface area (TPSA) is 55.6 Å². The van der Waals surface area contributed by atoms with E-state index in [-0.39, 0.29) is 0 Å². The van der Waals surface area contributed by atoms with Crippen molar-refractivity contribution in [3.8, 4) is 0 Å². The smallest absolute Gasteiger partial charge is 0.222 e. The summed E-state index contributed by atoms with van der Waals surface area (Å²) in [5.41, 5.74) is 5.72. The third-order valence-electron chi connectivity index (χ3n) is 4.98. The molecule has 0 aromatic heterocycles. The number of nitrogens with zero attached hydrogens (tertiary/aromatic N) is 1. The quantitative estimate of drug-likeness (QED) is 0.839. The minimum absolute atomic E-state index is 0.312. The Kier molecular flexibility index (Phi) is 6.30. The lowest BCUT2D eigenvalue weighted by molar-refractivity contribution is -0.132. The Morgan fingerprint density at radius 1 is 1.15 bits per heavy atom. The first-order valence-corrected chi connectivity index (χ1v) is 8.20. The van der Waals surface area contributed by atoms with Crippen molar-refractivity contribution < 1.29 is 9.53 Å². The van der Waals surface area contributed by atoms with Gasteiger partial charge < -0.3 is 15.4 Å². The second-order valence-corrected chi connectivity index (χ2v) is 6.68. The molecule has 0 bridgehead atoms. The van der Waals surface area contributed by atoms with Crippen LogP contribution in [0, 0.1) is 17.8 Å². The Labute approximate surface area is 123 Å². The minimum Gasteiger partial charge on any atom is -0.381 e. The molecule has 0 aromatic carbocycles. The number of amides is 1. The lowest BCUT2D eigenvalue weighted by Gasteiger charge is -2.30. The van der Waals surface area contributed by atoms with Crippen LogP contribution in [0.25, 0.3) is 0 Å². The first kappa shape index (κ1) is 15.8. The van der Waals surface area contributed by atoms with Gasteiger partial charge >= 0.3 is 0 Å². The largest absolute Gasteiger partial charge is 0.381 e. The van der Waals surface area contributed by atoms with Crippen LogP contribution in [-0.2, 0) is 9.53 Å². The average Bonchev–Trinajstić information content (AvgIpc) is 2.49. The highest BCUT2D eigenvalue weighted by molar-refractivity contribution is 5.76. The van der Waals surface area contributed by atoms with Gasteiger partial charge in [-0.05, 0) is 62.8 Å². The Hall–Kier alpha value is -0.610. The van der Waals surface area contributed by atoms with Crippen molar-refractivity contribution in [1.29, 1.82) is 0 Å². The molecule has 1 amide bonds. The molecule has 4 nitrogen and oxygen atoms in total. The van der Waals surface area contributed by atoms with Crippen LogP contribution < -0.4 is 5.73 Å². The second kappa shape index (κ2) is 7.99. The van der Waals surface area contributed by atoms with E-state index in [0.717, 1.165) is 39.1 Å². The van der Waals surface area contributed by atoms with Gasteiger partial charge in [0, 0.05) is 26.6 Å². The Morgan fingerprint density at radius 3 is 2.45 bits per heavy atom. The number of carbonyl (C=O) groups is 1. The molecular formula is C16H30N2O2. The van der Waals surface area contributed by atoms with Crippen LogP contribution >= 0.6 is 0 Å². The molecule has 0 aromatic rings. The van der Waals surface area contributed by atoms with Crippen molar-refractivity contribution in [1.82, 2.24) is 4.90 Å². The van der Waals surface area contributed by atoms with E-state index in [4.69, 9.17) is 10.5 Å².